The molecule has 2 rings (SSSR count). The average Bonchev–Trinajstić information content (AvgIpc) is 2.52. The molecule has 0 aliphatic carbocycles. The number of hydrogen-bond acceptors (Lipinski definition) is 3. The molecule has 0 aliphatic rings. The van der Waals surface area contributed by atoms with E-state index >= 15 is 0 Å². The van der Waals surface area contributed by atoms with Crippen LogP contribution in [0, 0.1) is 11.3 Å². The number of nitriles is 1. The van der Waals surface area contributed by atoms with Crippen molar-refractivity contribution in [2.45, 2.75) is 19.3 Å². The zero-order valence-electron chi connectivity index (χ0n) is 12.5. The number of rotatable bonds is 7. The van der Waals surface area contributed by atoms with Gasteiger partial charge in [-0.25, -0.2) is 0 Å². The van der Waals surface area contributed by atoms with Gasteiger partial charge in [-0.05, 0) is 36.8 Å². The fraction of sp³-hybridized carbons (Fsp3) is 0.278. The van der Waals surface area contributed by atoms with E-state index in [4.69, 9.17) is 21.1 Å². The average molecular weight is 316 g/mol. The standard InChI is InChI=1S/C18H18ClNO2/c1-2-21-17-7-4-8-18(12-17)22-10-9-15(13-20)14-5-3-6-16(19)11-14/h3-8,11-12,15H,2,9-10H2,1H3. The lowest BCUT2D eigenvalue weighted by atomic mass is 9.98. The van der Waals surface area contributed by atoms with E-state index in [1.54, 1.807) is 6.07 Å². The van der Waals surface area contributed by atoms with Gasteiger partial charge in [-0.1, -0.05) is 29.8 Å². The Balaban J connectivity index is 1.92. The number of benzene rings is 2. The van der Waals surface area contributed by atoms with Crippen LogP contribution in [-0.2, 0) is 0 Å². The lowest BCUT2D eigenvalue weighted by Gasteiger charge is -2.12. The first-order valence-corrected chi connectivity index (χ1v) is 7.61. The van der Waals surface area contributed by atoms with E-state index < -0.39 is 0 Å². The summed E-state index contributed by atoms with van der Waals surface area (Å²) < 4.78 is 11.1. The summed E-state index contributed by atoms with van der Waals surface area (Å²) in [6.07, 6.45) is 0.607. The predicted octanol–water partition coefficient (Wildman–Crippen LogP) is 4.81. The Kier molecular flexibility index (Phi) is 6.12. The van der Waals surface area contributed by atoms with Crippen LogP contribution >= 0.6 is 11.6 Å². The Bertz CT molecular complexity index is 652. The molecule has 0 spiro atoms. The van der Waals surface area contributed by atoms with Gasteiger partial charge in [-0.3, -0.25) is 0 Å². The molecule has 0 fully saturated rings. The SMILES string of the molecule is CCOc1cccc(OCCC(C#N)c2cccc(Cl)c2)c1. The van der Waals surface area contributed by atoms with Gasteiger partial charge < -0.3 is 9.47 Å². The van der Waals surface area contributed by atoms with Gasteiger partial charge in [0, 0.05) is 17.5 Å². The van der Waals surface area contributed by atoms with E-state index in [0.29, 0.717) is 24.7 Å². The Morgan fingerprint density at radius 1 is 1.09 bits per heavy atom. The maximum atomic E-state index is 9.31. The van der Waals surface area contributed by atoms with Crippen LogP contribution in [0.4, 0.5) is 0 Å². The third kappa shape index (κ3) is 4.68. The maximum Gasteiger partial charge on any atom is 0.122 e. The summed E-state index contributed by atoms with van der Waals surface area (Å²) in [5.41, 5.74) is 0.918. The summed E-state index contributed by atoms with van der Waals surface area (Å²) in [5, 5.41) is 9.95. The van der Waals surface area contributed by atoms with Gasteiger partial charge in [-0.15, -0.1) is 0 Å². The van der Waals surface area contributed by atoms with Gasteiger partial charge in [0.1, 0.15) is 11.5 Å². The fourth-order valence-corrected chi connectivity index (χ4v) is 2.34. The van der Waals surface area contributed by atoms with Gasteiger partial charge in [0.25, 0.3) is 0 Å². The summed E-state index contributed by atoms with van der Waals surface area (Å²) in [5.74, 6) is 1.30. The van der Waals surface area contributed by atoms with E-state index in [1.807, 2.05) is 49.4 Å². The van der Waals surface area contributed by atoms with Crippen molar-refractivity contribution in [1.29, 1.82) is 5.26 Å². The van der Waals surface area contributed by atoms with Crippen LogP contribution in [0.5, 0.6) is 11.5 Å². The van der Waals surface area contributed by atoms with Crippen molar-refractivity contribution in [1.82, 2.24) is 0 Å². The van der Waals surface area contributed by atoms with Gasteiger partial charge in [0.15, 0.2) is 0 Å². The molecule has 0 bridgehead atoms. The molecular weight excluding hydrogens is 298 g/mol. The van der Waals surface area contributed by atoms with Crippen LogP contribution < -0.4 is 9.47 Å². The molecule has 4 heteroatoms. The highest BCUT2D eigenvalue weighted by Gasteiger charge is 2.11. The molecule has 0 aromatic heterocycles. The summed E-state index contributed by atoms with van der Waals surface area (Å²) in [7, 11) is 0. The molecule has 22 heavy (non-hydrogen) atoms. The van der Waals surface area contributed by atoms with Crippen molar-refractivity contribution in [3.05, 3.63) is 59.1 Å². The minimum Gasteiger partial charge on any atom is -0.494 e. The molecule has 0 saturated heterocycles. The first-order chi connectivity index (χ1) is 10.7. The van der Waals surface area contributed by atoms with Crippen molar-refractivity contribution in [3.63, 3.8) is 0 Å². The second kappa shape index (κ2) is 8.31. The number of ether oxygens (including phenoxy) is 2. The molecule has 114 valence electrons. The molecule has 1 unspecified atom stereocenters. The van der Waals surface area contributed by atoms with E-state index in [-0.39, 0.29) is 5.92 Å². The second-order valence-corrected chi connectivity index (χ2v) is 5.22. The van der Waals surface area contributed by atoms with E-state index in [2.05, 4.69) is 6.07 Å². The normalized spacial score (nSPS) is 11.5. The molecule has 3 nitrogen and oxygen atoms in total. The van der Waals surface area contributed by atoms with Gasteiger partial charge in [0.2, 0.25) is 0 Å². The van der Waals surface area contributed by atoms with Crippen molar-refractivity contribution >= 4 is 11.6 Å². The molecule has 1 atom stereocenters. The third-order valence-electron chi connectivity index (χ3n) is 3.20. The number of hydrogen-bond donors (Lipinski definition) is 0. The molecule has 0 heterocycles. The Hall–Kier alpha value is -2.18. The highest BCUT2D eigenvalue weighted by atomic mass is 35.5. The first kappa shape index (κ1) is 16.2. The highest BCUT2D eigenvalue weighted by Crippen LogP contribution is 2.24. The number of halogens is 1. The maximum absolute atomic E-state index is 9.31. The predicted molar refractivity (Wildman–Crippen MR) is 87.5 cm³/mol. The van der Waals surface area contributed by atoms with Crippen molar-refractivity contribution in [2.24, 2.45) is 0 Å². The van der Waals surface area contributed by atoms with Crippen molar-refractivity contribution in [3.8, 4) is 17.6 Å². The molecule has 0 saturated carbocycles. The zero-order chi connectivity index (χ0) is 15.8. The van der Waals surface area contributed by atoms with Crippen LogP contribution in [0.2, 0.25) is 5.02 Å². The topological polar surface area (TPSA) is 42.2 Å². The summed E-state index contributed by atoms with van der Waals surface area (Å²) >= 11 is 5.97. The zero-order valence-corrected chi connectivity index (χ0v) is 13.2. The molecular formula is C18H18ClNO2. The van der Waals surface area contributed by atoms with Crippen LogP contribution in [0.3, 0.4) is 0 Å². The molecule has 2 aromatic rings. The van der Waals surface area contributed by atoms with Crippen LogP contribution in [0.15, 0.2) is 48.5 Å². The third-order valence-corrected chi connectivity index (χ3v) is 3.43. The monoisotopic (exact) mass is 315 g/mol. The summed E-state index contributed by atoms with van der Waals surface area (Å²) in [6, 6.07) is 17.2. The Labute approximate surface area is 136 Å². The van der Waals surface area contributed by atoms with Crippen LogP contribution in [-0.4, -0.2) is 13.2 Å². The summed E-state index contributed by atoms with van der Waals surface area (Å²) in [6.45, 7) is 3.02. The van der Waals surface area contributed by atoms with E-state index in [1.165, 1.54) is 0 Å². The lowest BCUT2D eigenvalue weighted by molar-refractivity contribution is 0.300. The first-order valence-electron chi connectivity index (χ1n) is 7.23. The second-order valence-electron chi connectivity index (χ2n) is 4.78. The smallest absolute Gasteiger partial charge is 0.122 e. The minimum absolute atomic E-state index is 0.228. The van der Waals surface area contributed by atoms with Crippen LogP contribution in [0.1, 0.15) is 24.8 Å². The van der Waals surface area contributed by atoms with Gasteiger partial charge in [0.05, 0.1) is 25.2 Å². The Morgan fingerprint density at radius 3 is 2.50 bits per heavy atom. The largest absolute Gasteiger partial charge is 0.494 e. The molecule has 0 radical (unpaired) electrons. The van der Waals surface area contributed by atoms with E-state index in [0.717, 1.165) is 17.1 Å². The van der Waals surface area contributed by atoms with Gasteiger partial charge in [-0.2, -0.15) is 5.26 Å². The number of nitrogens with zero attached hydrogens (tertiary/aromatic N) is 1. The molecule has 0 amide bonds. The highest BCUT2D eigenvalue weighted by molar-refractivity contribution is 6.30. The quantitative estimate of drug-likeness (QED) is 0.736. The molecule has 2 aromatic carbocycles. The summed E-state index contributed by atoms with van der Waals surface area (Å²) in [4.78, 5) is 0. The molecule has 0 aliphatic heterocycles. The van der Waals surface area contributed by atoms with Crippen molar-refractivity contribution in [2.75, 3.05) is 13.2 Å². The fourth-order valence-electron chi connectivity index (χ4n) is 2.14. The van der Waals surface area contributed by atoms with Crippen LogP contribution in [0.25, 0.3) is 0 Å². The lowest BCUT2D eigenvalue weighted by Crippen LogP contribution is -2.04. The molecule has 0 N–H and O–H groups in total. The van der Waals surface area contributed by atoms with Gasteiger partial charge >= 0.3 is 0 Å². The minimum atomic E-state index is -0.228. The van der Waals surface area contributed by atoms with Crippen molar-refractivity contribution < 1.29 is 9.47 Å². The Morgan fingerprint density at radius 2 is 1.82 bits per heavy atom. The van der Waals surface area contributed by atoms with E-state index in [9.17, 15) is 5.26 Å².